The van der Waals surface area contributed by atoms with Gasteiger partial charge in [-0.2, -0.15) is 18.3 Å². The fourth-order valence-corrected chi connectivity index (χ4v) is 4.51. The molecule has 1 atom stereocenters. The molecule has 276 valence electrons. The summed E-state index contributed by atoms with van der Waals surface area (Å²) >= 11 is 0. The molecular weight excluding hydrogens is 633 g/mol. The van der Waals surface area contributed by atoms with Crippen molar-refractivity contribution in [2.45, 2.75) is 80.8 Å². The van der Waals surface area contributed by atoms with Crippen molar-refractivity contribution in [1.29, 1.82) is 5.41 Å². The van der Waals surface area contributed by atoms with E-state index in [1.165, 1.54) is 35.4 Å². The SMILES string of the molecule is C=C.C=C(C)/C(=C/C)c1cc(-c2cnc3cc(C)nn3c2)cc(C)c1C.C=CCC.CN.CNCC(C)CC/C=C(C)/C=C\C(=N)C(F)(F)F. The molecule has 9 heteroatoms. The van der Waals surface area contributed by atoms with Gasteiger partial charge >= 0.3 is 6.18 Å². The number of halogens is 3. The topological polar surface area (TPSA) is 92.1 Å². The van der Waals surface area contributed by atoms with Crippen molar-refractivity contribution in [3.05, 3.63) is 121 Å². The minimum Gasteiger partial charge on any atom is -0.333 e. The van der Waals surface area contributed by atoms with Gasteiger partial charge in [0.1, 0.15) is 5.71 Å². The van der Waals surface area contributed by atoms with Crippen LogP contribution in [-0.4, -0.2) is 47.1 Å². The number of allylic oxidation sites excluding steroid dienone is 8. The largest absolute Gasteiger partial charge is 0.432 e. The molecule has 3 rings (SSSR count). The van der Waals surface area contributed by atoms with E-state index in [0.29, 0.717) is 5.92 Å². The third kappa shape index (κ3) is 17.4. The summed E-state index contributed by atoms with van der Waals surface area (Å²) in [5, 5.41) is 14.3. The summed E-state index contributed by atoms with van der Waals surface area (Å²) in [6.45, 7) is 30.9. The van der Waals surface area contributed by atoms with Crippen molar-refractivity contribution < 1.29 is 13.2 Å². The predicted molar refractivity (Wildman–Crippen MR) is 212 cm³/mol. The van der Waals surface area contributed by atoms with Crippen LogP contribution in [0.2, 0.25) is 0 Å². The van der Waals surface area contributed by atoms with Crippen LogP contribution in [0.4, 0.5) is 13.2 Å². The summed E-state index contributed by atoms with van der Waals surface area (Å²) in [7, 11) is 3.39. The normalized spacial score (nSPS) is 11.9. The molecule has 6 nitrogen and oxygen atoms in total. The van der Waals surface area contributed by atoms with Gasteiger partial charge in [-0.05, 0) is 127 Å². The quantitative estimate of drug-likeness (QED) is 0.106. The maximum absolute atomic E-state index is 12.0. The van der Waals surface area contributed by atoms with Crippen LogP contribution in [0.3, 0.4) is 0 Å². The Morgan fingerprint density at radius 2 is 1.68 bits per heavy atom. The third-order valence-corrected chi connectivity index (χ3v) is 7.26. The molecule has 0 bridgehead atoms. The van der Waals surface area contributed by atoms with E-state index < -0.39 is 11.9 Å². The molecule has 2 aromatic heterocycles. The Morgan fingerprint density at radius 1 is 1.08 bits per heavy atom. The zero-order chi connectivity index (χ0) is 39.0. The molecular formula is C41H61F3N6. The third-order valence-electron chi connectivity index (χ3n) is 7.26. The van der Waals surface area contributed by atoms with Crippen LogP contribution in [0.5, 0.6) is 0 Å². The second-order valence-electron chi connectivity index (χ2n) is 11.5. The van der Waals surface area contributed by atoms with Crippen LogP contribution in [0, 0.1) is 32.1 Å². The van der Waals surface area contributed by atoms with E-state index in [1.807, 2.05) is 49.1 Å². The van der Waals surface area contributed by atoms with Crippen LogP contribution in [0.25, 0.3) is 22.3 Å². The fraction of sp³-hybridized carbons (Fsp3) is 0.390. The summed E-state index contributed by atoms with van der Waals surface area (Å²) in [5.41, 5.74) is 14.0. The average Bonchev–Trinajstić information content (AvgIpc) is 3.46. The zero-order valence-electron chi connectivity index (χ0n) is 32.1. The molecule has 0 spiro atoms. The van der Waals surface area contributed by atoms with Crippen LogP contribution in [0.15, 0.2) is 98.4 Å². The summed E-state index contributed by atoms with van der Waals surface area (Å²) in [4.78, 5) is 4.53. The number of benzene rings is 1. The Bertz CT molecular complexity index is 1570. The monoisotopic (exact) mass is 694 g/mol. The first-order valence-electron chi connectivity index (χ1n) is 16.7. The molecule has 0 aliphatic rings. The Hall–Kier alpha value is -4.34. The van der Waals surface area contributed by atoms with Gasteiger partial charge in [-0.15, -0.1) is 19.7 Å². The number of nitrogens with zero attached hydrogens (tertiary/aromatic N) is 3. The van der Waals surface area contributed by atoms with E-state index in [9.17, 15) is 13.2 Å². The van der Waals surface area contributed by atoms with Crippen molar-refractivity contribution in [1.82, 2.24) is 19.9 Å². The number of aromatic nitrogens is 3. The lowest BCUT2D eigenvalue weighted by Crippen LogP contribution is -2.19. The molecule has 2 heterocycles. The number of hydrogen-bond acceptors (Lipinski definition) is 5. The maximum atomic E-state index is 12.0. The molecule has 0 amide bonds. The molecule has 0 aliphatic carbocycles. The van der Waals surface area contributed by atoms with Gasteiger partial charge in [0, 0.05) is 24.0 Å². The molecule has 3 aromatic rings. The van der Waals surface area contributed by atoms with Crippen LogP contribution in [-0.2, 0) is 0 Å². The van der Waals surface area contributed by atoms with E-state index in [4.69, 9.17) is 5.41 Å². The molecule has 1 unspecified atom stereocenters. The number of aryl methyl sites for hydroxylation is 2. The average molecular weight is 695 g/mol. The molecule has 4 N–H and O–H groups in total. The first-order chi connectivity index (χ1) is 23.6. The maximum Gasteiger partial charge on any atom is 0.432 e. The van der Waals surface area contributed by atoms with Crippen molar-refractivity contribution in [2.75, 3.05) is 20.6 Å². The number of hydrogen-bond donors (Lipinski definition) is 3. The Labute approximate surface area is 300 Å². The second kappa shape index (κ2) is 25.6. The first kappa shape index (κ1) is 47.8. The Kier molecular flexibility index (Phi) is 24.5. The van der Waals surface area contributed by atoms with E-state index in [1.54, 1.807) is 6.92 Å². The van der Waals surface area contributed by atoms with Crippen LogP contribution >= 0.6 is 0 Å². The van der Waals surface area contributed by atoms with E-state index >= 15 is 0 Å². The molecule has 0 saturated carbocycles. The highest BCUT2D eigenvalue weighted by Gasteiger charge is 2.32. The molecule has 50 heavy (non-hydrogen) atoms. The smallest absolute Gasteiger partial charge is 0.333 e. The second-order valence-corrected chi connectivity index (χ2v) is 11.5. The molecule has 0 saturated heterocycles. The van der Waals surface area contributed by atoms with E-state index in [0.717, 1.165) is 65.5 Å². The van der Waals surface area contributed by atoms with Gasteiger partial charge in [-0.3, -0.25) is 5.41 Å². The zero-order valence-corrected chi connectivity index (χ0v) is 32.1. The minimum absolute atomic E-state index is 0.538. The highest BCUT2D eigenvalue weighted by atomic mass is 19.4. The molecule has 0 aliphatic heterocycles. The molecule has 0 radical (unpaired) electrons. The number of nitrogens with two attached hydrogens (primary N) is 1. The van der Waals surface area contributed by atoms with Crippen molar-refractivity contribution in [2.24, 2.45) is 11.7 Å². The fourth-order valence-electron chi connectivity index (χ4n) is 4.51. The first-order valence-corrected chi connectivity index (χ1v) is 16.7. The van der Waals surface area contributed by atoms with Gasteiger partial charge in [0.25, 0.3) is 0 Å². The van der Waals surface area contributed by atoms with Crippen molar-refractivity contribution >= 4 is 16.9 Å². The minimum atomic E-state index is -4.56. The van der Waals surface area contributed by atoms with Crippen LogP contribution < -0.4 is 11.1 Å². The van der Waals surface area contributed by atoms with Gasteiger partial charge in [0.05, 0.1) is 5.69 Å². The van der Waals surface area contributed by atoms with E-state index in [2.05, 4.69) is 107 Å². The Morgan fingerprint density at radius 3 is 2.18 bits per heavy atom. The summed E-state index contributed by atoms with van der Waals surface area (Å²) < 4.78 is 38.0. The number of nitrogens with one attached hydrogen (secondary N) is 2. The number of rotatable bonds is 11. The van der Waals surface area contributed by atoms with Crippen molar-refractivity contribution in [3.8, 4) is 11.1 Å². The number of alkyl halides is 3. The number of fused-ring (bicyclic) bond motifs is 1. The van der Waals surface area contributed by atoms with Gasteiger partial charge in [-0.1, -0.05) is 61.9 Å². The van der Waals surface area contributed by atoms with Crippen molar-refractivity contribution in [3.63, 3.8) is 0 Å². The Balaban J connectivity index is 0. The lowest BCUT2D eigenvalue weighted by atomic mass is 9.90. The standard InChI is InChI=1S/C21H23N3.C13H21F3N2.C4H8.C2H4.CH5N/c1-7-19(13(2)3)20-10-17(8-14(4)16(20)6)18-11-22-21-9-15(5)23-24(21)12-18;1-10(5-4-6-11(2)9-18-3)7-8-12(17)13(14,15)16;1-3-4-2;2*1-2/h7-12H,2H2,1,3-6H3;5,7-8,11,17-18H,4,6,9H2,1-3H3;3H,1,4H2,2H3;1-2H2;2H2,1H3/b19-7-;8-7-,10-5+,17-12?;;;. The van der Waals surface area contributed by atoms with Gasteiger partial charge in [0.15, 0.2) is 5.65 Å². The highest BCUT2D eigenvalue weighted by Crippen LogP contribution is 2.32. The lowest BCUT2D eigenvalue weighted by molar-refractivity contribution is -0.0584. The molecule has 1 aromatic carbocycles. The molecule has 0 fully saturated rings. The summed E-state index contributed by atoms with van der Waals surface area (Å²) in [5.74, 6) is 0.538. The lowest BCUT2D eigenvalue weighted by Gasteiger charge is -2.15. The summed E-state index contributed by atoms with van der Waals surface area (Å²) in [6.07, 6.45) is 10.3. The summed E-state index contributed by atoms with van der Waals surface area (Å²) in [6, 6.07) is 6.42. The van der Waals surface area contributed by atoms with Gasteiger partial charge < -0.3 is 11.1 Å². The predicted octanol–water partition coefficient (Wildman–Crippen LogP) is 11.0. The van der Waals surface area contributed by atoms with E-state index in [-0.39, 0.29) is 0 Å². The van der Waals surface area contributed by atoms with Gasteiger partial charge in [0.2, 0.25) is 0 Å². The van der Waals surface area contributed by atoms with Crippen LogP contribution in [0.1, 0.15) is 76.3 Å². The highest BCUT2D eigenvalue weighted by molar-refractivity contribution is 5.97. The van der Waals surface area contributed by atoms with Gasteiger partial charge in [-0.25, -0.2) is 9.50 Å².